The van der Waals surface area contributed by atoms with Gasteiger partial charge in [-0.25, -0.2) is 4.39 Å². The second kappa shape index (κ2) is 5.43. The fourth-order valence-electron chi connectivity index (χ4n) is 3.63. The minimum atomic E-state index is -0.216. The standard InChI is InChI=1S/C16H22FN3/c1-11-3-2-4-12(9-11)15-10-19-16(18)20(15)14-7-5-13(17)6-8-14/h5-8,11-12,15H,2-4,9-10H2,1H3,(H2,18,19). The van der Waals surface area contributed by atoms with Crippen LogP contribution in [0.15, 0.2) is 29.3 Å². The average molecular weight is 275 g/mol. The normalized spacial score (nSPS) is 30.4. The summed E-state index contributed by atoms with van der Waals surface area (Å²) in [7, 11) is 0. The molecular weight excluding hydrogens is 253 g/mol. The summed E-state index contributed by atoms with van der Waals surface area (Å²) in [5.41, 5.74) is 7.02. The quantitative estimate of drug-likeness (QED) is 0.900. The molecule has 1 saturated carbocycles. The Hall–Kier alpha value is -1.58. The van der Waals surface area contributed by atoms with E-state index in [1.807, 2.05) is 0 Å². The lowest BCUT2D eigenvalue weighted by Gasteiger charge is -2.36. The summed E-state index contributed by atoms with van der Waals surface area (Å²) in [4.78, 5) is 6.52. The summed E-state index contributed by atoms with van der Waals surface area (Å²) in [5.74, 6) is 1.77. The molecule has 0 saturated heterocycles. The Bertz CT molecular complexity index is 497. The van der Waals surface area contributed by atoms with Crippen LogP contribution < -0.4 is 10.6 Å². The van der Waals surface area contributed by atoms with E-state index in [0.717, 1.165) is 18.2 Å². The Kier molecular flexibility index (Phi) is 3.64. The van der Waals surface area contributed by atoms with Crippen LogP contribution in [0.5, 0.6) is 0 Å². The number of aliphatic imine (C=N–C) groups is 1. The van der Waals surface area contributed by atoms with Gasteiger partial charge in [0.2, 0.25) is 0 Å². The fraction of sp³-hybridized carbons (Fsp3) is 0.562. The van der Waals surface area contributed by atoms with Gasteiger partial charge in [0, 0.05) is 5.69 Å². The van der Waals surface area contributed by atoms with Crippen LogP contribution in [0.2, 0.25) is 0 Å². The average Bonchev–Trinajstić information content (AvgIpc) is 2.82. The van der Waals surface area contributed by atoms with Crippen LogP contribution in [0.1, 0.15) is 32.6 Å². The Labute approximate surface area is 119 Å². The summed E-state index contributed by atoms with van der Waals surface area (Å²) in [6, 6.07) is 6.90. The molecule has 1 heterocycles. The number of halogens is 1. The monoisotopic (exact) mass is 275 g/mol. The van der Waals surface area contributed by atoms with Crippen molar-refractivity contribution in [3.05, 3.63) is 30.1 Å². The Morgan fingerprint density at radius 3 is 2.70 bits per heavy atom. The molecule has 0 aromatic heterocycles. The van der Waals surface area contributed by atoms with Crippen LogP contribution >= 0.6 is 0 Å². The molecule has 108 valence electrons. The Balaban J connectivity index is 1.82. The fourth-order valence-corrected chi connectivity index (χ4v) is 3.63. The van der Waals surface area contributed by atoms with Gasteiger partial charge in [0.05, 0.1) is 12.6 Å². The molecule has 4 heteroatoms. The van der Waals surface area contributed by atoms with Gasteiger partial charge in [0.25, 0.3) is 0 Å². The number of anilines is 1. The van der Waals surface area contributed by atoms with Gasteiger partial charge in [0.1, 0.15) is 5.82 Å². The van der Waals surface area contributed by atoms with E-state index in [9.17, 15) is 4.39 Å². The minimum Gasteiger partial charge on any atom is -0.370 e. The van der Waals surface area contributed by atoms with E-state index < -0.39 is 0 Å². The van der Waals surface area contributed by atoms with Gasteiger partial charge in [-0.1, -0.05) is 19.8 Å². The number of guanidine groups is 1. The zero-order valence-electron chi connectivity index (χ0n) is 11.9. The molecule has 1 fully saturated rings. The van der Waals surface area contributed by atoms with E-state index in [0.29, 0.717) is 17.9 Å². The number of benzene rings is 1. The lowest BCUT2D eigenvalue weighted by Crippen LogP contribution is -2.45. The highest BCUT2D eigenvalue weighted by Crippen LogP contribution is 2.36. The van der Waals surface area contributed by atoms with E-state index in [2.05, 4.69) is 16.8 Å². The van der Waals surface area contributed by atoms with E-state index in [1.54, 1.807) is 12.1 Å². The second-order valence-electron chi connectivity index (χ2n) is 6.14. The molecule has 1 aromatic rings. The van der Waals surface area contributed by atoms with Gasteiger partial charge in [0.15, 0.2) is 5.96 Å². The highest BCUT2D eigenvalue weighted by Gasteiger charge is 2.35. The molecule has 3 nitrogen and oxygen atoms in total. The van der Waals surface area contributed by atoms with Gasteiger partial charge < -0.3 is 10.6 Å². The van der Waals surface area contributed by atoms with Crippen LogP contribution in [0, 0.1) is 17.7 Å². The highest BCUT2D eigenvalue weighted by atomic mass is 19.1. The molecule has 20 heavy (non-hydrogen) atoms. The van der Waals surface area contributed by atoms with Crippen LogP contribution in [-0.2, 0) is 0 Å². The highest BCUT2D eigenvalue weighted by molar-refractivity contribution is 5.97. The van der Waals surface area contributed by atoms with Crippen molar-refractivity contribution in [2.75, 3.05) is 11.4 Å². The lowest BCUT2D eigenvalue weighted by atomic mass is 9.78. The lowest BCUT2D eigenvalue weighted by molar-refractivity contribution is 0.253. The van der Waals surface area contributed by atoms with Crippen molar-refractivity contribution >= 4 is 11.6 Å². The first-order chi connectivity index (χ1) is 9.65. The largest absolute Gasteiger partial charge is 0.370 e. The van der Waals surface area contributed by atoms with Crippen molar-refractivity contribution in [2.24, 2.45) is 22.6 Å². The molecule has 0 bridgehead atoms. The predicted molar refractivity (Wildman–Crippen MR) is 80.3 cm³/mol. The van der Waals surface area contributed by atoms with Crippen molar-refractivity contribution in [1.29, 1.82) is 0 Å². The summed E-state index contributed by atoms with van der Waals surface area (Å²) in [6.07, 6.45) is 5.11. The van der Waals surface area contributed by atoms with Gasteiger partial charge in [-0.15, -0.1) is 0 Å². The minimum absolute atomic E-state index is 0.216. The first-order valence-corrected chi connectivity index (χ1v) is 7.50. The molecule has 3 rings (SSSR count). The SMILES string of the molecule is CC1CCCC(C2CN=C(N)N2c2ccc(F)cc2)C1. The summed E-state index contributed by atoms with van der Waals surface area (Å²) < 4.78 is 13.1. The van der Waals surface area contributed by atoms with Gasteiger partial charge in [-0.3, -0.25) is 4.99 Å². The Morgan fingerprint density at radius 1 is 1.25 bits per heavy atom. The van der Waals surface area contributed by atoms with Crippen LogP contribution in [0.4, 0.5) is 10.1 Å². The van der Waals surface area contributed by atoms with E-state index in [-0.39, 0.29) is 5.82 Å². The van der Waals surface area contributed by atoms with E-state index in [4.69, 9.17) is 5.73 Å². The summed E-state index contributed by atoms with van der Waals surface area (Å²) in [5, 5.41) is 0. The molecule has 2 N–H and O–H groups in total. The molecular formula is C16H22FN3. The maximum Gasteiger partial charge on any atom is 0.196 e. The number of rotatable bonds is 2. The number of nitrogens with two attached hydrogens (primary N) is 1. The molecule has 1 aliphatic heterocycles. The third-order valence-corrected chi connectivity index (χ3v) is 4.64. The third kappa shape index (κ3) is 2.51. The van der Waals surface area contributed by atoms with Crippen molar-refractivity contribution in [3.8, 4) is 0 Å². The first kappa shape index (κ1) is 13.4. The van der Waals surface area contributed by atoms with E-state index >= 15 is 0 Å². The molecule has 3 unspecified atom stereocenters. The van der Waals surface area contributed by atoms with Crippen LogP contribution in [0.3, 0.4) is 0 Å². The van der Waals surface area contributed by atoms with Crippen molar-refractivity contribution < 1.29 is 4.39 Å². The molecule has 0 spiro atoms. The Morgan fingerprint density at radius 2 is 2.00 bits per heavy atom. The number of nitrogens with zero attached hydrogens (tertiary/aromatic N) is 2. The zero-order chi connectivity index (χ0) is 14.1. The van der Waals surface area contributed by atoms with Gasteiger partial charge >= 0.3 is 0 Å². The molecule has 0 radical (unpaired) electrons. The van der Waals surface area contributed by atoms with Crippen molar-refractivity contribution in [1.82, 2.24) is 0 Å². The van der Waals surface area contributed by atoms with Gasteiger partial charge in [-0.05, 0) is 48.9 Å². The third-order valence-electron chi connectivity index (χ3n) is 4.64. The van der Waals surface area contributed by atoms with Crippen LogP contribution in [-0.4, -0.2) is 18.5 Å². The second-order valence-corrected chi connectivity index (χ2v) is 6.14. The predicted octanol–water partition coefficient (Wildman–Crippen LogP) is 3.16. The topological polar surface area (TPSA) is 41.6 Å². The smallest absolute Gasteiger partial charge is 0.196 e. The number of hydrogen-bond acceptors (Lipinski definition) is 3. The molecule has 3 atom stereocenters. The first-order valence-electron chi connectivity index (χ1n) is 7.50. The summed E-state index contributed by atoms with van der Waals surface area (Å²) in [6.45, 7) is 3.09. The van der Waals surface area contributed by atoms with Crippen LogP contribution in [0.25, 0.3) is 0 Å². The number of hydrogen-bond donors (Lipinski definition) is 1. The van der Waals surface area contributed by atoms with Crippen molar-refractivity contribution in [3.63, 3.8) is 0 Å². The molecule has 1 aliphatic carbocycles. The van der Waals surface area contributed by atoms with E-state index in [1.165, 1.54) is 37.8 Å². The maximum absolute atomic E-state index is 13.1. The maximum atomic E-state index is 13.1. The zero-order valence-corrected chi connectivity index (χ0v) is 11.9. The van der Waals surface area contributed by atoms with Gasteiger partial charge in [-0.2, -0.15) is 0 Å². The summed E-state index contributed by atoms with van der Waals surface area (Å²) >= 11 is 0. The molecule has 2 aliphatic rings. The van der Waals surface area contributed by atoms with Crippen molar-refractivity contribution in [2.45, 2.75) is 38.6 Å². The molecule has 1 aromatic carbocycles. The molecule has 0 amide bonds.